The smallest absolute Gasteiger partial charge is 0.221 e. The maximum Gasteiger partial charge on any atom is 0.221 e. The summed E-state index contributed by atoms with van der Waals surface area (Å²) in [5, 5.41) is 6.11. The molecule has 0 aliphatic rings. The Kier molecular flexibility index (Phi) is 16.2. The van der Waals surface area contributed by atoms with Gasteiger partial charge in [-0.3, -0.25) is 9.79 Å². The molecule has 0 saturated heterocycles. The predicted octanol–water partition coefficient (Wildman–Crippen LogP) is 2.22. The highest BCUT2D eigenvalue weighted by molar-refractivity contribution is 14.0. The van der Waals surface area contributed by atoms with E-state index in [1.807, 2.05) is 14.0 Å². The van der Waals surface area contributed by atoms with Gasteiger partial charge in [0.25, 0.3) is 0 Å². The second-order valence-corrected chi connectivity index (χ2v) is 4.61. The quantitative estimate of drug-likeness (QED) is 0.356. The van der Waals surface area contributed by atoms with E-state index < -0.39 is 0 Å². The van der Waals surface area contributed by atoms with Crippen molar-refractivity contribution in [2.45, 2.75) is 46.5 Å². The minimum absolute atomic E-state index is 0. The van der Waals surface area contributed by atoms with E-state index in [2.05, 4.69) is 34.4 Å². The maximum absolute atomic E-state index is 11.5. The molecule has 2 N–H and O–H groups in total. The Labute approximate surface area is 141 Å². The van der Waals surface area contributed by atoms with Crippen molar-refractivity contribution in [3.8, 4) is 0 Å². The summed E-state index contributed by atoms with van der Waals surface area (Å²) in [5.41, 5.74) is 0. The summed E-state index contributed by atoms with van der Waals surface area (Å²) in [6.45, 7) is 9.40. The van der Waals surface area contributed by atoms with Crippen molar-refractivity contribution in [1.82, 2.24) is 15.5 Å². The molecule has 0 heterocycles. The summed E-state index contributed by atoms with van der Waals surface area (Å²) >= 11 is 0. The largest absolute Gasteiger partial charge is 0.357 e. The van der Waals surface area contributed by atoms with Crippen LogP contribution in [0.3, 0.4) is 0 Å². The number of nitrogens with zero attached hydrogens (tertiary/aromatic N) is 2. The van der Waals surface area contributed by atoms with Crippen molar-refractivity contribution in [2.75, 3.05) is 33.2 Å². The third kappa shape index (κ3) is 11.3. The molecule has 0 saturated carbocycles. The summed E-state index contributed by atoms with van der Waals surface area (Å²) in [6, 6.07) is 0. The minimum Gasteiger partial charge on any atom is -0.357 e. The number of carbonyl (C=O) groups is 1. The molecule has 0 aromatic carbocycles. The zero-order valence-electron chi connectivity index (χ0n) is 13.4. The van der Waals surface area contributed by atoms with E-state index in [1.54, 1.807) is 0 Å². The van der Waals surface area contributed by atoms with Gasteiger partial charge in [-0.25, -0.2) is 0 Å². The van der Waals surface area contributed by atoms with Crippen LogP contribution in [0, 0.1) is 0 Å². The zero-order chi connectivity index (χ0) is 14.5. The monoisotopic (exact) mass is 398 g/mol. The van der Waals surface area contributed by atoms with Crippen LogP contribution in [0.25, 0.3) is 0 Å². The zero-order valence-corrected chi connectivity index (χ0v) is 15.7. The van der Waals surface area contributed by atoms with Gasteiger partial charge in [-0.1, -0.05) is 20.3 Å². The molecule has 120 valence electrons. The number of hydrogen-bond acceptors (Lipinski definition) is 2. The molecule has 0 bridgehead atoms. The van der Waals surface area contributed by atoms with E-state index in [4.69, 9.17) is 0 Å². The Morgan fingerprint density at radius 1 is 1.15 bits per heavy atom. The van der Waals surface area contributed by atoms with Crippen LogP contribution in [0.15, 0.2) is 4.99 Å². The lowest BCUT2D eigenvalue weighted by Gasteiger charge is -2.21. The van der Waals surface area contributed by atoms with Crippen molar-refractivity contribution in [3.05, 3.63) is 0 Å². The molecule has 0 aromatic heterocycles. The van der Waals surface area contributed by atoms with Crippen LogP contribution in [0.1, 0.15) is 46.5 Å². The molecule has 5 nitrogen and oxygen atoms in total. The first-order valence-electron chi connectivity index (χ1n) is 7.41. The first-order chi connectivity index (χ1) is 9.15. The van der Waals surface area contributed by atoms with Gasteiger partial charge < -0.3 is 15.5 Å². The number of aliphatic imine (C=N–C) groups is 1. The fourth-order valence-electron chi connectivity index (χ4n) is 1.59. The van der Waals surface area contributed by atoms with E-state index in [1.165, 1.54) is 6.42 Å². The lowest BCUT2D eigenvalue weighted by Crippen LogP contribution is -2.39. The topological polar surface area (TPSA) is 56.7 Å². The number of hydrogen-bond donors (Lipinski definition) is 2. The van der Waals surface area contributed by atoms with Gasteiger partial charge in [-0.2, -0.15) is 0 Å². The standard InChI is InChI=1S/C14H30N4O.HI/c1-5-8-12-18(4)14(15-7-3)17-11-9-13(19)16-10-6-2;/h5-12H2,1-4H3,(H,15,17)(H,16,19);1H. The molecule has 0 atom stereocenters. The van der Waals surface area contributed by atoms with Gasteiger partial charge in [0.15, 0.2) is 5.96 Å². The molecule has 0 aliphatic heterocycles. The van der Waals surface area contributed by atoms with Gasteiger partial charge in [0, 0.05) is 33.1 Å². The van der Waals surface area contributed by atoms with Crippen molar-refractivity contribution in [2.24, 2.45) is 4.99 Å². The maximum atomic E-state index is 11.5. The van der Waals surface area contributed by atoms with Gasteiger partial charge in [0.2, 0.25) is 5.91 Å². The van der Waals surface area contributed by atoms with Gasteiger partial charge in [0.1, 0.15) is 0 Å². The van der Waals surface area contributed by atoms with Crippen LogP contribution in [0.5, 0.6) is 0 Å². The van der Waals surface area contributed by atoms with Crippen LogP contribution in [-0.4, -0.2) is 50.0 Å². The SMILES string of the molecule is CCCCN(C)C(=NCCC(=O)NCCC)NCC.I. The van der Waals surface area contributed by atoms with Crippen molar-refractivity contribution < 1.29 is 4.79 Å². The van der Waals surface area contributed by atoms with Gasteiger partial charge in [-0.05, 0) is 19.8 Å². The highest BCUT2D eigenvalue weighted by atomic mass is 127. The van der Waals surface area contributed by atoms with E-state index in [-0.39, 0.29) is 29.9 Å². The number of amides is 1. The Balaban J connectivity index is 0. The highest BCUT2D eigenvalue weighted by Crippen LogP contribution is 1.94. The molecule has 0 fully saturated rings. The van der Waals surface area contributed by atoms with Crippen molar-refractivity contribution >= 4 is 35.8 Å². The van der Waals surface area contributed by atoms with E-state index in [0.29, 0.717) is 13.0 Å². The van der Waals surface area contributed by atoms with Crippen molar-refractivity contribution in [1.29, 1.82) is 0 Å². The van der Waals surface area contributed by atoms with Gasteiger partial charge >= 0.3 is 0 Å². The normalized spacial score (nSPS) is 10.7. The van der Waals surface area contributed by atoms with Crippen LogP contribution >= 0.6 is 24.0 Å². The van der Waals surface area contributed by atoms with Gasteiger partial charge in [-0.15, -0.1) is 24.0 Å². The van der Waals surface area contributed by atoms with Crippen LogP contribution in [0.4, 0.5) is 0 Å². The molecular formula is C14H31IN4O. The molecule has 1 amide bonds. The Hall–Kier alpha value is -0.530. The highest BCUT2D eigenvalue weighted by Gasteiger charge is 2.05. The van der Waals surface area contributed by atoms with Crippen molar-refractivity contribution in [3.63, 3.8) is 0 Å². The lowest BCUT2D eigenvalue weighted by molar-refractivity contribution is -0.120. The molecule has 0 radical (unpaired) electrons. The average Bonchev–Trinajstić information content (AvgIpc) is 2.41. The summed E-state index contributed by atoms with van der Waals surface area (Å²) in [4.78, 5) is 18.1. The van der Waals surface area contributed by atoms with Crippen LogP contribution in [0.2, 0.25) is 0 Å². The third-order valence-corrected chi connectivity index (χ3v) is 2.72. The van der Waals surface area contributed by atoms with Gasteiger partial charge in [0.05, 0.1) is 6.54 Å². The molecule has 0 aromatic rings. The number of carbonyl (C=O) groups excluding carboxylic acids is 1. The number of unbranched alkanes of at least 4 members (excludes halogenated alkanes) is 1. The first kappa shape index (κ1) is 21.8. The second kappa shape index (κ2) is 14.9. The predicted molar refractivity (Wildman–Crippen MR) is 96.8 cm³/mol. The first-order valence-corrected chi connectivity index (χ1v) is 7.41. The van der Waals surface area contributed by atoms with Crippen LogP contribution in [-0.2, 0) is 4.79 Å². The molecular weight excluding hydrogens is 367 g/mol. The molecule has 0 aliphatic carbocycles. The molecule has 0 spiro atoms. The van der Waals surface area contributed by atoms with Crippen LogP contribution < -0.4 is 10.6 Å². The molecule has 0 rings (SSSR count). The molecule has 0 unspecified atom stereocenters. The van der Waals surface area contributed by atoms with E-state index >= 15 is 0 Å². The van der Waals surface area contributed by atoms with E-state index in [9.17, 15) is 4.79 Å². The number of guanidine groups is 1. The fourth-order valence-corrected chi connectivity index (χ4v) is 1.59. The Morgan fingerprint density at radius 3 is 2.40 bits per heavy atom. The summed E-state index contributed by atoms with van der Waals surface area (Å²) in [6.07, 6.45) is 3.75. The Bertz CT molecular complexity index is 272. The fraction of sp³-hybridized carbons (Fsp3) is 0.857. The second-order valence-electron chi connectivity index (χ2n) is 4.61. The lowest BCUT2D eigenvalue weighted by atomic mass is 10.3. The minimum atomic E-state index is 0. The summed E-state index contributed by atoms with van der Waals surface area (Å²) < 4.78 is 0. The van der Waals surface area contributed by atoms with E-state index in [0.717, 1.165) is 38.4 Å². The molecule has 20 heavy (non-hydrogen) atoms. The third-order valence-electron chi connectivity index (χ3n) is 2.72. The average molecular weight is 398 g/mol. The number of nitrogens with one attached hydrogen (secondary N) is 2. The number of halogens is 1. The molecule has 6 heteroatoms. The summed E-state index contributed by atoms with van der Waals surface area (Å²) in [7, 11) is 2.04. The summed E-state index contributed by atoms with van der Waals surface area (Å²) in [5.74, 6) is 0.969. The Morgan fingerprint density at radius 2 is 1.85 bits per heavy atom. The number of rotatable bonds is 9.